The molecule has 0 spiro atoms. The minimum Gasteiger partial charge on any atom is -0.487 e. The van der Waals surface area contributed by atoms with Crippen LogP contribution in [0, 0.1) is 30.4 Å². The summed E-state index contributed by atoms with van der Waals surface area (Å²) in [5, 5.41) is 9.14. The topological polar surface area (TPSA) is 98.2 Å². The van der Waals surface area contributed by atoms with Gasteiger partial charge in [0, 0.05) is 24.5 Å². The van der Waals surface area contributed by atoms with Gasteiger partial charge in [-0.3, -0.25) is 4.98 Å². The molecule has 0 bridgehead atoms. The van der Waals surface area contributed by atoms with Crippen LogP contribution in [0.4, 0.5) is 13.6 Å². The Balaban J connectivity index is 1.77. The summed E-state index contributed by atoms with van der Waals surface area (Å²) in [6.07, 6.45) is -0.236. The Hall–Kier alpha value is -3.71. The molecule has 35 heavy (non-hydrogen) atoms. The third kappa shape index (κ3) is 7.13. The molecule has 1 saturated heterocycles. The van der Waals surface area contributed by atoms with Gasteiger partial charge < -0.3 is 24.2 Å². The first-order chi connectivity index (χ1) is 16.4. The molecule has 2 aromatic rings. The van der Waals surface area contributed by atoms with Crippen molar-refractivity contribution >= 4 is 12.1 Å². The number of hydrogen-bond acceptors (Lipinski definition) is 6. The molecule has 1 fully saturated rings. The molecular formula is C25H26F2N2O6. The van der Waals surface area contributed by atoms with Crippen molar-refractivity contribution in [3.05, 3.63) is 58.4 Å². The van der Waals surface area contributed by atoms with Gasteiger partial charge in [0.2, 0.25) is 0 Å². The van der Waals surface area contributed by atoms with E-state index >= 15 is 0 Å². The van der Waals surface area contributed by atoms with E-state index < -0.39 is 42.0 Å². The number of ether oxygens (including phenoxy) is 3. The lowest BCUT2D eigenvalue weighted by Crippen LogP contribution is -2.44. The molecule has 1 aromatic heterocycles. The number of benzene rings is 1. The highest BCUT2D eigenvalue weighted by Crippen LogP contribution is 2.23. The van der Waals surface area contributed by atoms with E-state index in [1.165, 1.54) is 11.1 Å². The van der Waals surface area contributed by atoms with Crippen LogP contribution >= 0.6 is 0 Å². The van der Waals surface area contributed by atoms with Gasteiger partial charge in [0.05, 0.1) is 29.8 Å². The summed E-state index contributed by atoms with van der Waals surface area (Å²) in [5.74, 6) is 3.20. The second kappa shape index (κ2) is 10.7. The van der Waals surface area contributed by atoms with Crippen LogP contribution in [0.25, 0.3) is 0 Å². The van der Waals surface area contributed by atoms with Crippen LogP contribution in [-0.4, -0.2) is 58.5 Å². The molecule has 1 aliphatic heterocycles. The maximum atomic E-state index is 14.6. The highest BCUT2D eigenvalue weighted by atomic mass is 19.1. The van der Waals surface area contributed by atoms with E-state index in [0.29, 0.717) is 11.3 Å². The van der Waals surface area contributed by atoms with Crippen molar-refractivity contribution in [2.75, 3.05) is 19.7 Å². The number of amides is 1. The third-order valence-electron chi connectivity index (χ3n) is 4.86. The molecule has 1 aliphatic rings. The van der Waals surface area contributed by atoms with Crippen LogP contribution in [0.15, 0.2) is 24.4 Å². The summed E-state index contributed by atoms with van der Waals surface area (Å²) in [6, 6.07) is 3.38. The Labute approximate surface area is 201 Å². The number of hydrogen-bond donors (Lipinski definition) is 1. The Morgan fingerprint density at radius 2 is 1.94 bits per heavy atom. The van der Waals surface area contributed by atoms with Crippen molar-refractivity contribution in [2.45, 2.75) is 46.0 Å². The Morgan fingerprint density at radius 3 is 2.57 bits per heavy atom. The van der Waals surface area contributed by atoms with Gasteiger partial charge in [-0.05, 0) is 39.8 Å². The quantitative estimate of drug-likeness (QED) is 0.514. The largest absolute Gasteiger partial charge is 0.487 e. The zero-order valence-corrected chi connectivity index (χ0v) is 19.9. The number of aryl methyl sites for hydroxylation is 1. The average Bonchev–Trinajstić information content (AvgIpc) is 2.76. The number of morpholine rings is 1. The maximum absolute atomic E-state index is 14.6. The molecule has 1 aromatic carbocycles. The molecule has 10 heteroatoms. The lowest BCUT2D eigenvalue weighted by Gasteiger charge is -2.28. The van der Waals surface area contributed by atoms with Gasteiger partial charge >= 0.3 is 12.1 Å². The summed E-state index contributed by atoms with van der Waals surface area (Å²) in [5.41, 5.74) is -0.473. The molecule has 0 aliphatic carbocycles. The van der Waals surface area contributed by atoms with Gasteiger partial charge in [-0.25, -0.2) is 18.4 Å². The number of pyridine rings is 1. The average molecular weight is 488 g/mol. The fourth-order valence-electron chi connectivity index (χ4n) is 3.16. The Morgan fingerprint density at radius 1 is 1.26 bits per heavy atom. The molecule has 0 radical (unpaired) electrons. The summed E-state index contributed by atoms with van der Waals surface area (Å²) in [4.78, 5) is 28.7. The van der Waals surface area contributed by atoms with E-state index in [-0.39, 0.29) is 36.6 Å². The predicted molar refractivity (Wildman–Crippen MR) is 121 cm³/mol. The fourth-order valence-corrected chi connectivity index (χ4v) is 3.16. The van der Waals surface area contributed by atoms with Crippen molar-refractivity contribution in [2.24, 2.45) is 0 Å². The van der Waals surface area contributed by atoms with Crippen molar-refractivity contribution in [3.63, 3.8) is 0 Å². The van der Waals surface area contributed by atoms with E-state index in [4.69, 9.17) is 19.3 Å². The second-order valence-corrected chi connectivity index (χ2v) is 8.89. The molecule has 186 valence electrons. The molecule has 1 unspecified atom stereocenters. The maximum Gasteiger partial charge on any atom is 0.407 e. The molecule has 8 nitrogen and oxygen atoms in total. The monoisotopic (exact) mass is 488 g/mol. The van der Waals surface area contributed by atoms with Crippen molar-refractivity contribution < 1.29 is 37.7 Å². The number of halogens is 2. The molecule has 2 heterocycles. The van der Waals surface area contributed by atoms with E-state index in [9.17, 15) is 18.4 Å². The lowest BCUT2D eigenvalue weighted by atomic mass is 10.1. The smallest absolute Gasteiger partial charge is 0.407 e. The van der Waals surface area contributed by atoms with Crippen LogP contribution < -0.4 is 4.74 Å². The molecule has 0 saturated carbocycles. The van der Waals surface area contributed by atoms with E-state index in [0.717, 1.165) is 12.1 Å². The molecule has 1 amide bonds. The van der Waals surface area contributed by atoms with Gasteiger partial charge in [-0.15, -0.1) is 0 Å². The van der Waals surface area contributed by atoms with Gasteiger partial charge in [0.25, 0.3) is 0 Å². The van der Waals surface area contributed by atoms with Crippen molar-refractivity contribution in [1.29, 1.82) is 0 Å². The van der Waals surface area contributed by atoms with Crippen LogP contribution in [0.2, 0.25) is 0 Å². The fraction of sp³-hybridized carbons (Fsp3) is 0.400. The first kappa shape index (κ1) is 25.9. The summed E-state index contributed by atoms with van der Waals surface area (Å²) in [7, 11) is 0. The lowest BCUT2D eigenvalue weighted by molar-refractivity contribution is 0.00655. The molecular weight excluding hydrogens is 462 g/mol. The van der Waals surface area contributed by atoms with Gasteiger partial charge in [-0.1, -0.05) is 11.8 Å². The molecule has 1 atom stereocenters. The zero-order valence-electron chi connectivity index (χ0n) is 19.9. The van der Waals surface area contributed by atoms with Gasteiger partial charge in [0.1, 0.15) is 35.7 Å². The number of carbonyl (C=O) groups excluding carboxylic acids is 1. The summed E-state index contributed by atoms with van der Waals surface area (Å²) in [6.45, 7) is 6.79. The molecule has 1 N–H and O–H groups in total. The SMILES string of the molecule is Cc1cc(OCc2c(F)cc(C(=O)OC(C)(C)C)cc2F)c(C#CC2CN(C(=O)O)CCO2)cn1. The molecule has 3 rings (SSSR count). The first-order valence-corrected chi connectivity index (χ1v) is 10.8. The van der Waals surface area contributed by atoms with E-state index in [1.54, 1.807) is 33.8 Å². The van der Waals surface area contributed by atoms with E-state index in [2.05, 4.69) is 16.8 Å². The highest BCUT2D eigenvalue weighted by Gasteiger charge is 2.23. The normalized spacial score (nSPS) is 15.7. The predicted octanol–water partition coefficient (Wildman–Crippen LogP) is 3.93. The Bertz CT molecular complexity index is 1160. The number of esters is 1. The number of nitrogens with zero attached hydrogens (tertiary/aromatic N) is 2. The van der Waals surface area contributed by atoms with Crippen LogP contribution in [0.1, 0.15) is 48.0 Å². The number of carbonyl (C=O) groups is 2. The van der Waals surface area contributed by atoms with Crippen molar-refractivity contribution in [1.82, 2.24) is 9.88 Å². The van der Waals surface area contributed by atoms with E-state index in [1.807, 2.05) is 0 Å². The zero-order chi connectivity index (χ0) is 25.8. The standard InChI is InChI=1S/C25H26F2N2O6/c1-15-9-22(16(12-28-15)5-6-18-13-29(24(31)32)7-8-33-18)34-14-19-20(26)10-17(11-21(19)27)23(30)35-25(2,3)4/h9-12,18H,7-8,13-14H2,1-4H3,(H,31,32). The first-order valence-electron chi connectivity index (χ1n) is 10.8. The second-order valence-electron chi connectivity index (χ2n) is 8.89. The van der Waals surface area contributed by atoms with Crippen LogP contribution in [0.3, 0.4) is 0 Å². The van der Waals surface area contributed by atoms with Crippen molar-refractivity contribution in [3.8, 4) is 17.6 Å². The minimum absolute atomic E-state index is 0.0955. The highest BCUT2D eigenvalue weighted by molar-refractivity contribution is 5.89. The summed E-state index contributed by atoms with van der Waals surface area (Å²) >= 11 is 0. The van der Waals surface area contributed by atoms with Gasteiger partial charge in [-0.2, -0.15) is 0 Å². The number of rotatable bonds is 4. The number of carboxylic acid groups (broad SMARTS) is 1. The third-order valence-corrected chi connectivity index (χ3v) is 4.86. The summed E-state index contributed by atoms with van der Waals surface area (Å²) < 4.78 is 45.6. The van der Waals surface area contributed by atoms with Gasteiger partial charge in [0.15, 0.2) is 0 Å². The number of aromatic nitrogens is 1. The van der Waals surface area contributed by atoms with Crippen LogP contribution in [-0.2, 0) is 16.1 Å². The van der Waals surface area contributed by atoms with Crippen LogP contribution in [0.5, 0.6) is 5.75 Å². The Kier molecular flexibility index (Phi) is 7.92. The minimum atomic E-state index is -1.05.